The number of likely N-dealkylation sites (tertiary alicyclic amines) is 1. The van der Waals surface area contributed by atoms with Gasteiger partial charge in [0.05, 0.1) is 5.71 Å². The van der Waals surface area contributed by atoms with Gasteiger partial charge in [-0.05, 0) is 61.3 Å². The lowest BCUT2D eigenvalue weighted by Gasteiger charge is -2.39. The van der Waals surface area contributed by atoms with E-state index in [2.05, 4.69) is 11.3 Å². The van der Waals surface area contributed by atoms with Crippen molar-refractivity contribution in [3.8, 4) is 0 Å². The molecular weight excluding hydrogens is 312 g/mol. The van der Waals surface area contributed by atoms with E-state index in [9.17, 15) is 9.35 Å². The summed E-state index contributed by atoms with van der Waals surface area (Å²) in [5.41, 5.74) is 0.327. The van der Waals surface area contributed by atoms with E-state index in [1.807, 2.05) is 48.5 Å². The number of amides is 1. The molecule has 0 aromatic heterocycles. The highest BCUT2D eigenvalue weighted by Gasteiger charge is 2.38. The number of nitrogens with zero attached hydrogens (tertiary/aromatic N) is 2. The van der Waals surface area contributed by atoms with Gasteiger partial charge in [0.15, 0.2) is 0 Å². The van der Waals surface area contributed by atoms with Gasteiger partial charge in [0.25, 0.3) is 0 Å². The maximum Gasteiger partial charge on any atom is 0.410 e. The quantitative estimate of drug-likeness (QED) is 0.563. The Morgan fingerprint density at radius 2 is 1.65 bits per heavy atom. The van der Waals surface area contributed by atoms with Crippen LogP contribution in [-0.2, 0) is 16.1 Å². The second-order valence-corrected chi connectivity index (χ2v) is 10.5. The van der Waals surface area contributed by atoms with Gasteiger partial charge >= 0.3 is 6.09 Å². The fraction of sp³-hybridized carbons (Fsp3) is 0.882. The Bertz CT molecular complexity index is 455. The molecule has 1 unspecified atom stereocenters. The lowest BCUT2D eigenvalue weighted by molar-refractivity contribution is 0.0165. The van der Waals surface area contributed by atoms with Crippen molar-refractivity contribution in [2.45, 2.75) is 78.6 Å². The van der Waals surface area contributed by atoms with Gasteiger partial charge in [-0.2, -0.15) is 0 Å². The second kappa shape index (κ2) is 7.01. The van der Waals surface area contributed by atoms with Crippen LogP contribution in [0.2, 0.25) is 0 Å². The zero-order valence-electron chi connectivity index (χ0n) is 15.9. The summed E-state index contributed by atoms with van der Waals surface area (Å²) in [4.78, 5) is 13.9. The van der Waals surface area contributed by atoms with Gasteiger partial charge in [-0.1, -0.05) is 11.3 Å². The molecule has 1 atom stereocenters. The van der Waals surface area contributed by atoms with Gasteiger partial charge in [-0.25, -0.2) is 4.79 Å². The van der Waals surface area contributed by atoms with Crippen LogP contribution in [0.15, 0.2) is 4.40 Å². The number of hydrogen-bond acceptors (Lipinski definition) is 4. The van der Waals surface area contributed by atoms with Crippen LogP contribution in [0.5, 0.6) is 0 Å². The normalized spacial score (nSPS) is 21.1. The highest BCUT2D eigenvalue weighted by molar-refractivity contribution is 7.91. The van der Waals surface area contributed by atoms with Gasteiger partial charge in [-0.15, -0.1) is 0 Å². The molecule has 1 saturated heterocycles. The Kier molecular flexibility index (Phi) is 6.19. The van der Waals surface area contributed by atoms with Gasteiger partial charge < -0.3 is 14.2 Å². The van der Waals surface area contributed by atoms with E-state index in [-0.39, 0.29) is 16.3 Å². The van der Waals surface area contributed by atoms with Crippen LogP contribution in [0.1, 0.15) is 68.2 Å². The molecule has 0 aliphatic carbocycles. The summed E-state index contributed by atoms with van der Waals surface area (Å²) in [6.45, 7) is 16.8. The van der Waals surface area contributed by atoms with Crippen molar-refractivity contribution in [2.24, 2.45) is 9.81 Å². The summed E-state index contributed by atoms with van der Waals surface area (Å²) in [6.07, 6.45) is 1.36. The lowest BCUT2D eigenvalue weighted by atomic mass is 9.77. The van der Waals surface area contributed by atoms with Crippen molar-refractivity contribution in [1.82, 2.24) is 4.90 Å². The molecule has 5 nitrogen and oxygen atoms in total. The molecule has 0 bridgehead atoms. The monoisotopic (exact) mass is 344 g/mol. The SMILES string of the molecule is CC(=N[S+]([O-])C(C)(C)C)C1(C)CCN(C(=O)OC(C)(C)C)CC1. The summed E-state index contributed by atoms with van der Waals surface area (Å²) in [5, 5.41) is 0. The van der Waals surface area contributed by atoms with Crippen LogP contribution in [0.3, 0.4) is 0 Å². The summed E-state index contributed by atoms with van der Waals surface area (Å²) in [5.74, 6) is 0. The molecule has 1 heterocycles. The van der Waals surface area contributed by atoms with Crippen LogP contribution in [0.25, 0.3) is 0 Å². The first-order valence-corrected chi connectivity index (χ1v) is 9.31. The average Bonchev–Trinajstić information content (AvgIpc) is 2.36. The number of hydrogen-bond donors (Lipinski definition) is 0. The summed E-state index contributed by atoms with van der Waals surface area (Å²) >= 11 is -1.24. The van der Waals surface area contributed by atoms with E-state index in [1.54, 1.807) is 4.90 Å². The third-order valence-electron chi connectivity index (χ3n) is 4.14. The Morgan fingerprint density at radius 1 is 1.17 bits per heavy atom. The lowest BCUT2D eigenvalue weighted by Crippen LogP contribution is -2.46. The first-order valence-electron chi connectivity index (χ1n) is 8.20. The molecule has 1 aliphatic rings. The van der Waals surface area contributed by atoms with Crippen LogP contribution < -0.4 is 0 Å². The molecule has 0 N–H and O–H groups in total. The summed E-state index contributed by atoms with van der Waals surface area (Å²) in [7, 11) is 0. The standard InChI is InChI=1S/C17H32N2O3S/c1-13(18-23(21)16(5,6)7)17(8)9-11-19(12-10-17)14(20)22-15(2,3)4/h9-12H2,1-8H3. The van der Waals surface area contributed by atoms with Crippen molar-refractivity contribution >= 4 is 23.2 Å². The number of carbonyl (C=O) groups is 1. The van der Waals surface area contributed by atoms with Crippen LogP contribution >= 0.6 is 0 Å². The fourth-order valence-corrected chi connectivity index (χ4v) is 2.99. The number of carbonyl (C=O) groups excluding carboxylic acids is 1. The zero-order valence-corrected chi connectivity index (χ0v) is 16.7. The van der Waals surface area contributed by atoms with E-state index in [4.69, 9.17) is 4.74 Å². The third kappa shape index (κ3) is 5.99. The molecule has 0 spiro atoms. The Labute approximate surface area is 144 Å². The van der Waals surface area contributed by atoms with Gasteiger partial charge in [0, 0.05) is 18.5 Å². The minimum Gasteiger partial charge on any atom is -0.591 e. The van der Waals surface area contributed by atoms with Gasteiger partial charge in [0.2, 0.25) is 0 Å². The van der Waals surface area contributed by atoms with E-state index in [0.29, 0.717) is 13.1 Å². The van der Waals surface area contributed by atoms with Crippen molar-refractivity contribution in [3.05, 3.63) is 0 Å². The highest BCUT2D eigenvalue weighted by Crippen LogP contribution is 2.34. The van der Waals surface area contributed by atoms with Crippen LogP contribution in [0, 0.1) is 5.41 Å². The molecular formula is C17H32N2O3S. The van der Waals surface area contributed by atoms with Crippen molar-refractivity contribution in [1.29, 1.82) is 0 Å². The topological polar surface area (TPSA) is 65.0 Å². The zero-order chi connectivity index (χ0) is 18.1. The second-order valence-electron chi connectivity index (χ2n) is 8.57. The first-order chi connectivity index (χ1) is 10.2. The summed E-state index contributed by atoms with van der Waals surface area (Å²) in [6, 6.07) is 0. The Morgan fingerprint density at radius 3 is 2.04 bits per heavy atom. The summed E-state index contributed by atoms with van der Waals surface area (Å²) < 4.78 is 21.7. The third-order valence-corrected chi connectivity index (χ3v) is 5.62. The largest absolute Gasteiger partial charge is 0.591 e. The molecule has 1 amide bonds. The van der Waals surface area contributed by atoms with Crippen LogP contribution in [-0.4, -0.2) is 44.7 Å². The fourth-order valence-electron chi connectivity index (χ4n) is 2.24. The number of ether oxygens (including phenoxy) is 1. The molecule has 23 heavy (non-hydrogen) atoms. The molecule has 0 aromatic carbocycles. The molecule has 0 saturated carbocycles. The first kappa shape index (κ1) is 20.3. The van der Waals surface area contributed by atoms with Crippen molar-refractivity contribution in [3.63, 3.8) is 0 Å². The van der Waals surface area contributed by atoms with Crippen molar-refractivity contribution < 1.29 is 14.1 Å². The van der Waals surface area contributed by atoms with Gasteiger partial charge in [-0.3, -0.25) is 0 Å². The minimum absolute atomic E-state index is 0.112. The molecule has 134 valence electrons. The molecule has 1 rings (SSSR count). The van der Waals surface area contributed by atoms with E-state index >= 15 is 0 Å². The molecule has 0 radical (unpaired) electrons. The number of piperidine rings is 1. The average molecular weight is 345 g/mol. The molecule has 0 aromatic rings. The maximum atomic E-state index is 12.2. The predicted molar refractivity (Wildman–Crippen MR) is 96.2 cm³/mol. The highest BCUT2D eigenvalue weighted by atomic mass is 32.2. The van der Waals surface area contributed by atoms with Crippen molar-refractivity contribution in [2.75, 3.05) is 13.1 Å². The van der Waals surface area contributed by atoms with E-state index < -0.39 is 17.0 Å². The Hall–Kier alpha value is -0.750. The van der Waals surface area contributed by atoms with E-state index in [1.165, 1.54) is 0 Å². The predicted octanol–water partition coefficient (Wildman–Crippen LogP) is 3.95. The molecule has 6 heteroatoms. The van der Waals surface area contributed by atoms with Gasteiger partial charge in [0.1, 0.15) is 21.7 Å². The maximum absolute atomic E-state index is 12.2. The van der Waals surface area contributed by atoms with Crippen LogP contribution in [0.4, 0.5) is 4.79 Å². The molecule has 1 aliphatic heterocycles. The Balaban J connectivity index is 2.70. The van der Waals surface area contributed by atoms with E-state index in [0.717, 1.165) is 18.6 Å². The molecule has 1 fully saturated rings. The minimum atomic E-state index is -1.24. The smallest absolute Gasteiger partial charge is 0.410 e. The number of rotatable bonds is 2.